The molecule has 0 saturated heterocycles. The van der Waals surface area contributed by atoms with Crippen LogP contribution in [0.25, 0.3) is 10.9 Å². The molecule has 2 rings (SSSR count). The maximum atomic E-state index is 5.90. The van der Waals surface area contributed by atoms with E-state index in [0.717, 1.165) is 18.6 Å². The quantitative estimate of drug-likeness (QED) is 0.895. The minimum Gasteiger partial charge on any atom is -0.329 e. The van der Waals surface area contributed by atoms with Crippen molar-refractivity contribution in [2.45, 2.75) is 32.9 Å². The highest BCUT2D eigenvalue weighted by Gasteiger charge is 2.24. The number of hydrogen-bond acceptors (Lipinski definition) is 3. The van der Waals surface area contributed by atoms with E-state index in [9.17, 15) is 0 Å². The number of nitrogens with two attached hydrogens (primary N) is 1. The molecule has 1 aromatic carbocycles. The molecule has 2 aromatic rings. The molecular formula is C16H23N3. The van der Waals surface area contributed by atoms with E-state index < -0.39 is 0 Å². The van der Waals surface area contributed by atoms with E-state index in [1.54, 1.807) is 0 Å². The first-order valence-corrected chi connectivity index (χ1v) is 6.86. The summed E-state index contributed by atoms with van der Waals surface area (Å²) < 4.78 is 0. The molecule has 2 N–H and O–H groups in total. The number of likely N-dealkylation sites (N-methyl/N-ethyl adjacent to an activating group) is 1. The molecule has 1 aromatic heterocycles. The Morgan fingerprint density at radius 2 is 1.95 bits per heavy atom. The Morgan fingerprint density at radius 1 is 1.21 bits per heavy atom. The number of fused-ring (bicyclic) bond motifs is 1. The topological polar surface area (TPSA) is 42.2 Å². The van der Waals surface area contributed by atoms with E-state index in [1.807, 2.05) is 12.3 Å². The molecule has 3 nitrogen and oxygen atoms in total. The number of benzene rings is 1. The van der Waals surface area contributed by atoms with Crippen LogP contribution in [0.3, 0.4) is 0 Å². The van der Waals surface area contributed by atoms with Crippen LogP contribution in [0.2, 0.25) is 0 Å². The molecule has 0 aliphatic rings. The van der Waals surface area contributed by atoms with Gasteiger partial charge in [-0.25, -0.2) is 0 Å². The highest BCUT2D eigenvalue weighted by Crippen LogP contribution is 2.21. The number of nitrogens with zero attached hydrogens (tertiary/aromatic N) is 2. The number of para-hydroxylation sites is 1. The molecule has 0 fully saturated rings. The molecule has 0 bridgehead atoms. The van der Waals surface area contributed by atoms with Crippen LogP contribution in [0.1, 0.15) is 26.3 Å². The molecular weight excluding hydrogens is 234 g/mol. The van der Waals surface area contributed by atoms with Crippen LogP contribution in [-0.2, 0) is 6.54 Å². The molecule has 0 amide bonds. The summed E-state index contributed by atoms with van der Waals surface area (Å²) in [7, 11) is 0. The molecule has 0 atom stereocenters. The van der Waals surface area contributed by atoms with Gasteiger partial charge in [0.05, 0.1) is 5.52 Å². The predicted octanol–water partition coefficient (Wildman–Crippen LogP) is 2.79. The summed E-state index contributed by atoms with van der Waals surface area (Å²) in [4.78, 5) is 6.83. The second-order valence-electron chi connectivity index (χ2n) is 5.52. The first-order chi connectivity index (χ1) is 9.08. The monoisotopic (exact) mass is 257 g/mol. The molecule has 0 saturated carbocycles. The van der Waals surface area contributed by atoms with Gasteiger partial charge in [0, 0.05) is 30.2 Å². The lowest BCUT2D eigenvalue weighted by Crippen LogP contribution is -2.48. The van der Waals surface area contributed by atoms with Gasteiger partial charge in [-0.15, -0.1) is 0 Å². The van der Waals surface area contributed by atoms with Crippen LogP contribution >= 0.6 is 0 Å². The Bertz CT molecular complexity index is 543. The van der Waals surface area contributed by atoms with Gasteiger partial charge >= 0.3 is 0 Å². The predicted molar refractivity (Wildman–Crippen MR) is 81.0 cm³/mol. The zero-order valence-electron chi connectivity index (χ0n) is 12.1. The van der Waals surface area contributed by atoms with Crippen molar-refractivity contribution in [2.24, 2.45) is 5.73 Å². The lowest BCUT2D eigenvalue weighted by atomic mass is 10.0. The van der Waals surface area contributed by atoms with Gasteiger partial charge in [0.15, 0.2) is 0 Å². The first kappa shape index (κ1) is 14.0. The highest BCUT2D eigenvalue weighted by molar-refractivity contribution is 5.81. The number of hydrogen-bond donors (Lipinski definition) is 1. The third-order valence-corrected chi connectivity index (χ3v) is 3.84. The molecule has 0 spiro atoms. The zero-order chi connectivity index (χ0) is 13.9. The fourth-order valence-corrected chi connectivity index (χ4v) is 2.38. The van der Waals surface area contributed by atoms with Gasteiger partial charge in [-0.2, -0.15) is 0 Å². The molecule has 0 unspecified atom stereocenters. The van der Waals surface area contributed by atoms with E-state index >= 15 is 0 Å². The Balaban J connectivity index is 2.35. The summed E-state index contributed by atoms with van der Waals surface area (Å²) in [6, 6.07) is 10.4. The SMILES string of the molecule is CCN(Cc1ccnc2ccccc12)C(C)(C)CN. The van der Waals surface area contributed by atoms with Crippen LogP contribution in [0, 0.1) is 0 Å². The van der Waals surface area contributed by atoms with Crippen molar-refractivity contribution < 1.29 is 0 Å². The molecule has 102 valence electrons. The first-order valence-electron chi connectivity index (χ1n) is 6.86. The minimum absolute atomic E-state index is 0.0130. The van der Waals surface area contributed by atoms with Gasteiger partial charge in [0.1, 0.15) is 0 Å². The van der Waals surface area contributed by atoms with Gasteiger partial charge in [-0.3, -0.25) is 9.88 Å². The molecule has 0 aliphatic carbocycles. The van der Waals surface area contributed by atoms with Crippen molar-refractivity contribution in [3.05, 3.63) is 42.1 Å². The summed E-state index contributed by atoms with van der Waals surface area (Å²) >= 11 is 0. The van der Waals surface area contributed by atoms with E-state index in [0.29, 0.717) is 6.54 Å². The molecule has 1 heterocycles. The maximum Gasteiger partial charge on any atom is 0.0705 e. The maximum absolute atomic E-state index is 5.90. The summed E-state index contributed by atoms with van der Waals surface area (Å²) in [6.07, 6.45) is 1.89. The molecule has 3 heteroatoms. The standard InChI is InChI=1S/C16H23N3/c1-4-19(16(2,3)12-17)11-13-9-10-18-15-8-6-5-7-14(13)15/h5-10H,4,11-12,17H2,1-3H3. The Labute approximate surface area is 115 Å². The van der Waals surface area contributed by atoms with Gasteiger partial charge in [0.25, 0.3) is 0 Å². The van der Waals surface area contributed by atoms with Crippen LogP contribution in [-0.4, -0.2) is 28.5 Å². The van der Waals surface area contributed by atoms with E-state index in [1.165, 1.54) is 10.9 Å². The second kappa shape index (κ2) is 5.68. The van der Waals surface area contributed by atoms with Crippen molar-refractivity contribution in [1.29, 1.82) is 0 Å². The van der Waals surface area contributed by atoms with Crippen molar-refractivity contribution >= 4 is 10.9 Å². The minimum atomic E-state index is 0.0130. The average Bonchev–Trinajstić information content (AvgIpc) is 2.44. The molecule has 0 aliphatic heterocycles. The average molecular weight is 257 g/mol. The number of aromatic nitrogens is 1. The summed E-state index contributed by atoms with van der Waals surface area (Å²) in [6.45, 7) is 9.12. The van der Waals surface area contributed by atoms with Crippen LogP contribution < -0.4 is 5.73 Å². The highest BCUT2D eigenvalue weighted by atomic mass is 15.2. The van der Waals surface area contributed by atoms with Crippen LogP contribution in [0.5, 0.6) is 0 Å². The van der Waals surface area contributed by atoms with E-state index in [-0.39, 0.29) is 5.54 Å². The fraction of sp³-hybridized carbons (Fsp3) is 0.438. The third-order valence-electron chi connectivity index (χ3n) is 3.84. The fourth-order valence-electron chi connectivity index (χ4n) is 2.38. The number of rotatable bonds is 5. The summed E-state index contributed by atoms with van der Waals surface area (Å²) in [5.41, 5.74) is 8.28. The number of pyridine rings is 1. The second-order valence-corrected chi connectivity index (χ2v) is 5.52. The summed E-state index contributed by atoms with van der Waals surface area (Å²) in [5.74, 6) is 0. The lowest BCUT2D eigenvalue weighted by Gasteiger charge is -2.37. The van der Waals surface area contributed by atoms with E-state index in [2.05, 4.69) is 54.9 Å². The molecule has 0 radical (unpaired) electrons. The normalized spacial score (nSPS) is 12.3. The van der Waals surface area contributed by atoms with Gasteiger partial charge in [-0.05, 0) is 38.1 Å². The third kappa shape index (κ3) is 2.94. The van der Waals surface area contributed by atoms with Crippen molar-refractivity contribution in [2.75, 3.05) is 13.1 Å². The van der Waals surface area contributed by atoms with E-state index in [4.69, 9.17) is 5.73 Å². The Morgan fingerprint density at radius 3 is 2.63 bits per heavy atom. The summed E-state index contributed by atoms with van der Waals surface area (Å²) in [5, 5.41) is 1.23. The van der Waals surface area contributed by atoms with Crippen LogP contribution in [0.4, 0.5) is 0 Å². The zero-order valence-corrected chi connectivity index (χ0v) is 12.1. The Hall–Kier alpha value is -1.45. The van der Waals surface area contributed by atoms with Crippen molar-refractivity contribution in [1.82, 2.24) is 9.88 Å². The molecule has 19 heavy (non-hydrogen) atoms. The van der Waals surface area contributed by atoms with Gasteiger partial charge < -0.3 is 5.73 Å². The smallest absolute Gasteiger partial charge is 0.0705 e. The van der Waals surface area contributed by atoms with Crippen molar-refractivity contribution in [3.8, 4) is 0 Å². The lowest BCUT2D eigenvalue weighted by molar-refractivity contribution is 0.126. The van der Waals surface area contributed by atoms with Crippen molar-refractivity contribution in [3.63, 3.8) is 0 Å². The largest absolute Gasteiger partial charge is 0.329 e. The van der Waals surface area contributed by atoms with Crippen LogP contribution in [0.15, 0.2) is 36.5 Å². The Kier molecular flexibility index (Phi) is 4.17. The van der Waals surface area contributed by atoms with Gasteiger partial charge in [-0.1, -0.05) is 25.1 Å². The van der Waals surface area contributed by atoms with Gasteiger partial charge in [0.2, 0.25) is 0 Å².